The van der Waals surface area contributed by atoms with Gasteiger partial charge >= 0.3 is 0 Å². The number of alkyl halides is 2. The van der Waals surface area contributed by atoms with Crippen molar-refractivity contribution in [2.45, 2.75) is 17.4 Å². The largest absolute Gasteiger partial charge is 0.494 e. The average molecular weight is 683 g/mol. The molecule has 15 heteroatoms. The maximum Gasteiger partial charge on any atom is 0.282 e. The summed E-state index contributed by atoms with van der Waals surface area (Å²) in [6, 6.07) is 29.2. The van der Waals surface area contributed by atoms with Gasteiger partial charge in [0.15, 0.2) is 11.6 Å². The quantitative estimate of drug-likeness (QED) is 0.206. The lowest BCUT2D eigenvalue weighted by atomic mass is 9.97. The Morgan fingerprint density at radius 3 is 1.90 bits per heavy atom. The number of nitrogens with two attached hydrogens (primary N) is 1. The van der Waals surface area contributed by atoms with Crippen LogP contribution >= 0.6 is 0 Å². The number of ether oxygens (including phenoxy) is 1. The van der Waals surface area contributed by atoms with Gasteiger partial charge in [-0.3, -0.25) is 0 Å². The Hall–Kier alpha value is -6.29. The number of primary sulfonamides is 1. The predicted octanol–water partition coefficient (Wildman–Crippen LogP) is 5.93. The van der Waals surface area contributed by atoms with Crippen molar-refractivity contribution in [3.8, 4) is 34.8 Å². The van der Waals surface area contributed by atoms with E-state index in [0.29, 0.717) is 22.4 Å². The zero-order valence-electron chi connectivity index (χ0n) is 25.5. The molecule has 2 N–H and O–H groups in total. The molecule has 6 aromatic rings. The summed E-state index contributed by atoms with van der Waals surface area (Å²) in [6.07, 6.45) is 0.304. The lowest BCUT2D eigenvalue weighted by molar-refractivity contribution is 0.145. The van der Waals surface area contributed by atoms with Crippen LogP contribution in [0.1, 0.15) is 40.4 Å². The summed E-state index contributed by atoms with van der Waals surface area (Å²) in [4.78, 5) is 3.87. The van der Waals surface area contributed by atoms with Crippen LogP contribution in [-0.2, 0) is 10.0 Å². The molecule has 0 saturated carbocycles. The number of hydrogen-bond donors (Lipinski definition) is 1. The Balaban J connectivity index is 0.000000195. The van der Waals surface area contributed by atoms with Crippen LogP contribution in [0.4, 0.5) is 13.2 Å². The van der Waals surface area contributed by atoms with E-state index in [-0.39, 0.29) is 22.4 Å². The summed E-state index contributed by atoms with van der Waals surface area (Å²) >= 11 is 0. The fourth-order valence-electron chi connectivity index (χ4n) is 4.84. The summed E-state index contributed by atoms with van der Waals surface area (Å²) in [5, 5.41) is 31.0. The van der Waals surface area contributed by atoms with Gasteiger partial charge in [0.05, 0.1) is 46.7 Å². The van der Waals surface area contributed by atoms with Crippen LogP contribution in [0, 0.1) is 28.5 Å². The van der Waals surface area contributed by atoms with Gasteiger partial charge in [-0.15, -0.1) is 0 Å². The van der Waals surface area contributed by atoms with E-state index in [2.05, 4.69) is 27.3 Å². The Morgan fingerprint density at radius 1 is 0.857 bits per heavy atom. The maximum atomic E-state index is 14.0. The van der Waals surface area contributed by atoms with Crippen LogP contribution in [0.3, 0.4) is 0 Å². The van der Waals surface area contributed by atoms with Crippen molar-refractivity contribution in [3.63, 3.8) is 0 Å². The van der Waals surface area contributed by atoms with Crippen LogP contribution in [0.2, 0.25) is 0 Å². The van der Waals surface area contributed by atoms with Crippen molar-refractivity contribution in [3.05, 3.63) is 143 Å². The second kappa shape index (κ2) is 14.6. The third-order valence-electron chi connectivity index (χ3n) is 7.22. The highest BCUT2D eigenvalue weighted by Crippen LogP contribution is 2.31. The maximum absolute atomic E-state index is 14.0. The molecule has 0 bridgehead atoms. The molecule has 49 heavy (non-hydrogen) atoms. The van der Waals surface area contributed by atoms with Gasteiger partial charge in [-0.05, 0) is 83.9 Å². The van der Waals surface area contributed by atoms with E-state index < -0.39 is 28.0 Å². The molecule has 0 saturated heterocycles. The fraction of sp³-hybridized carbons (Fsp3) is 0.0882. The molecule has 2 aromatic heterocycles. The van der Waals surface area contributed by atoms with E-state index in [0.717, 1.165) is 23.3 Å². The molecule has 11 nitrogen and oxygen atoms in total. The zero-order chi connectivity index (χ0) is 35.1. The van der Waals surface area contributed by atoms with Gasteiger partial charge in [0.2, 0.25) is 10.0 Å². The van der Waals surface area contributed by atoms with Crippen molar-refractivity contribution in [2.75, 3.05) is 7.11 Å². The van der Waals surface area contributed by atoms with Crippen LogP contribution in [0.5, 0.6) is 5.75 Å². The number of nitrogens with zero attached hydrogens (tertiary/aromatic N) is 7. The summed E-state index contributed by atoms with van der Waals surface area (Å²) in [6.45, 7) is 0. The zero-order valence-corrected chi connectivity index (χ0v) is 26.3. The Kier molecular flexibility index (Phi) is 10.2. The number of rotatable bonds is 8. The minimum absolute atomic E-state index is 0.0106. The fourth-order valence-corrected chi connectivity index (χ4v) is 5.36. The molecule has 0 amide bonds. The lowest BCUT2D eigenvalue weighted by Crippen LogP contribution is -2.13. The molecule has 0 aliphatic rings. The molecular formula is C34H25F3N8O3S. The molecule has 246 valence electrons. The molecule has 0 radical (unpaired) electrons. The molecular weight excluding hydrogens is 657 g/mol. The van der Waals surface area contributed by atoms with Gasteiger partial charge in [-0.25, -0.2) is 41.1 Å². The van der Waals surface area contributed by atoms with Crippen molar-refractivity contribution in [1.29, 1.82) is 10.5 Å². The number of benzene rings is 4. The van der Waals surface area contributed by atoms with Crippen LogP contribution in [0.25, 0.3) is 16.9 Å². The Bertz CT molecular complexity index is 2190. The summed E-state index contributed by atoms with van der Waals surface area (Å²) in [7, 11) is -2.59. The number of methoxy groups -OCH3 is 1. The topological polar surface area (TPSA) is 166 Å². The number of hydrogen-bond acceptors (Lipinski definition) is 8. The molecule has 0 spiro atoms. The van der Waals surface area contributed by atoms with E-state index in [4.69, 9.17) is 20.4 Å². The second-order valence-electron chi connectivity index (χ2n) is 10.3. The second-order valence-corrected chi connectivity index (χ2v) is 11.9. The average Bonchev–Trinajstić information content (AvgIpc) is 3.81. The third kappa shape index (κ3) is 7.82. The summed E-state index contributed by atoms with van der Waals surface area (Å²) < 4.78 is 70.8. The van der Waals surface area contributed by atoms with Gasteiger partial charge in [0, 0.05) is 5.56 Å². The first-order valence-corrected chi connectivity index (χ1v) is 15.8. The Labute approximate surface area is 278 Å². The molecule has 4 aromatic carbocycles. The van der Waals surface area contributed by atoms with Crippen LogP contribution in [-0.4, -0.2) is 40.1 Å². The first-order chi connectivity index (χ1) is 23.5. The van der Waals surface area contributed by atoms with E-state index >= 15 is 0 Å². The minimum atomic E-state index is -3.90. The molecule has 0 atom stereocenters. The highest BCUT2D eigenvalue weighted by atomic mass is 32.2. The number of sulfonamides is 1. The van der Waals surface area contributed by atoms with E-state index in [9.17, 15) is 21.6 Å². The first-order valence-electron chi connectivity index (χ1n) is 14.2. The lowest BCUT2D eigenvalue weighted by Gasteiger charge is -2.18. The highest BCUT2D eigenvalue weighted by Gasteiger charge is 2.20. The number of aromatic nitrogens is 5. The van der Waals surface area contributed by atoms with Crippen LogP contribution < -0.4 is 9.88 Å². The highest BCUT2D eigenvalue weighted by molar-refractivity contribution is 7.89. The van der Waals surface area contributed by atoms with Gasteiger partial charge in [0.25, 0.3) is 6.43 Å². The monoisotopic (exact) mass is 682 g/mol. The molecule has 0 aliphatic heterocycles. The SMILES string of the molecule is COc1ccc(-c2cc(C(F)F)nn2-c2ccc(S(N)(=O)=O)cc2)cc1F.N#Cc1ccc(C(c2ccc(C#N)cc2)n2cncn2)cc1. The molecule has 0 fully saturated rings. The van der Waals surface area contributed by atoms with Gasteiger partial charge in [-0.1, -0.05) is 24.3 Å². The van der Waals surface area contributed by atoms with Crippen molar-refractivity contribution < 1.29 is 26.3 Å². The summed E-state index contributed by atoms with van der Waals surface area (Å²) in [5.41, 5.74) is 3.51. The third-order valence-corrected chi connectivity index (χ3v) is 8.15. The number of halogens is 3. The molecule has 2 heterocycles. The molecule has 0 aliphatic carbocycles. The normalized spacial score (nSPS) is 11.0. The molecule has 0 unspecified atom stereocenters. The smallest absolute Gasteiger partial charge is 0.282 e. The standard InChI is InChI=1S/C17H14F3N3O3S.C17H11N5/c1-26-16-7-2-10(8-13(16)18)15-9-14(17(19)20)22-23(15)11-3-5-12(6-4-11)27(21,24)25;18-9-13-1-5-15(6-2-13)17(22-12-20-11-21-22)16-7-3-14(10-19)4-8-16/h2-9,17H,1H3,(H2,21,24,25);1-8,11-12,17H. The summed E-state index contributed by atoms with van der Waals surface area (Å²) in [5.74, 6) is -0.651. The first kappa shape index (κ1) is 34.1. The van der Waals surface area contributed by atoms with Crippen LogP contribution in [0.15, 0.2) is 115 Å². The van der Waals surface area contributed by atoms with Gasteiger partial charge in [0.1, 0.15) is 24.4 Å². The predicted molar refractivity (Wildman–Crippen MR) is 171 cm³/mol. The molecule has 6 rings (SSSR count). The van der Waals surface area contributed by atoms with E-state index in [1.807, 2.05) is 24.3 Å². The van der Waals surface area contributed by atoms with Gasteiger partial charge in [-0.2, -0.15) is 20.7 Å². The van der Waals surface area contributed by atoms with E-state index in [1.165, 1.54) is 54.5 Å². The van der Waals surface area contributed by atoms with Crippen molar-refractivity contribution in [1.82, 2.24) is 24.5 Å². The number of nitriles is 2. The Morgan fingerprint density at radius 2 is 1.45 bits per heavy atom. The minimum Gasteiger partial charge on any atom is -0.494 e. The van der Waals surface area contributed by atoms with E-state index in [1.54, 1.807) is 35.3 Å². The van der Waals surface area contributed by atoms with Crippen molar-refractivity contribution in [2.24, 2.45) is 5.14 Å². The van der Waals surface area contributed by atoms with Crippen molar-refractivity contribution >= 4 is 10.0 Å². The van der Waals surface area contributed by atoms with Gasteiger partial charge < -0.3 is 4.74 Å².